The van der Waals surface area contributed by atoms with Crippen molar-refractivity contribution < 1.29 is 9.53 Å². The monoisotopic (exact) mass is 525 g/mol. The van der Waals surface area contributed by atoms with Crippen LogP contribution in [0.4, 0.5) is 11.4 Å². The maximum Gasteiger partial charge on any atom is 0.224 e. The molecule has 2 N–H and O–H groups in total. The van der Waals surface area contributed by atoms with Crippen LogP contribution in [0.25, 0.3) is 5.69 Å². The summed E-state index contributed by atoms with van der Waals surface area (Å²) in [7, 11) is 1.60. The lowest BCUT2D eigenvalue weighted by atomic mass is 10.0. The second-order valence-corrected chi connectivity index (χ2v) is 9.74. The minimum Gasteiger partial charge on any atom is -0.494 e. The van der Waals surface area contributed by atoms with Crippen molar-refractivity contribution in [3.63, 3.8) is 0 Å². The van der Waals surface area contributed by atoms with Gasteiger partial charge in [-0.1, -0.05) is 19.1 Å². The van der Waals surface area contributed by atoms with Gasteiger partial charge in [-0.15, -0.1) is 0 Å². The molecule has 38 heavy (non-hydrogen) atoms. The average molecular weight is 526 g/mol. The second kappa shape index (κ2) is 10.7. The van der Waals surface area contributed by atoms with Gasteiger partial charge in [0.25, 0.3) is 0 Å². The first-order valence-corrected chi connectivity index (χ1v) is 13.1. The third-order valence-electron chi connectivity index (χ3n) is 7.01. The Morgan fingerprint density at radius 2 is 1.87 bits per heavy atom. The standard InChI is InChI=1S/C30H31N5O2S/c1-5-27(36)32-23-14-13-22(18-26(23)37-4)35-29(28(33-30(35)38)24-9-6-7-15-31-24)25-10-8-16-34(25)21-12-11-19(2)20(3)17-21/h6-18,28-29H,5H2,1-4H3,(H,32,36)(H,33,38)/t28-,29-/m1/s1. The molecular weight excluding hydrogens is 494 g/mol. The molecular formula is C30H31N5O2S. The molecule has 1 fully saturated rings. The molecule has 1 aliphatic rings. The SMILES string of the molecule is CCC(=O)Nc1ccc(N2C(=S)N[C@H](c3ccccn3)[C@H]2c2cccn2-c2ccc(C)c(C)c2)cc1OC. The molecule has 0 bridgehead atoms. The number of hydrogen-bond acceptors (Lipinski definition) is 4. The van der Waals surface area contributed by atoms with Gasteiger partial charge < -0.3 is 24.8 Å². The summed E-state index contributed by atoms with van der Waals surface area (Å²) in [6.45, 7) is 6.06. The van der Waals surface area contributed by atoms with Crippen LogP contribution in [-0.4, -0.2) is 27.7 Å². The first-order valence-electron chi connectivity index (χ1n) is 12.6. The fraction of sp³-hybridized carbons (Fsp3) is 0.233. The van der Waals surface area contributed by atoms with Crippen LogP contribution in [0.3, 0.4) is 0 Å². The third kappa shape index (κ3) is 4.75. The molecule has 0 spiro atoms. The Hall–Kier alpha value is -4.17. The summed E-state index contributed by atoms with van der Waals surface area (Å²) in [5.74, 6) is 0.491. The number of nitrogens with one attached hydrogen (secondary N) is 2. The molecule has 0 unspecified atom stereocenters. The summed E-state index contributed by atoms with van der Waals surface area (Å²) >= 11 is 5.92. The van der Waals surface area contributed by atoms with Crippen molar-refractivity contribution in [3.8, 4) is 11.4 Å². The van der Waals surface area contributed by atoms with E-state index in [1.165, 1.54) is 11.1 Å². The summed E-state index contributed by atoms with van der Waals surface area (Å²) in [5.41, 5.74) is 7.01. The molecule has 0 aliphatic carbocycles. The number of aromatic nitrogens is 2. The number of anilines is 2. The van der Waals surface area contributed by atoms with Crippen LogP contribution in [0.15, 0.2) is 79.1 Å². The Bertz CT molecular complexity index is 1480. The van der Waals surface area contributed by atoms with E-state index < -0.39 is 0 Å². The smallest absolute Gasteiger partial charge is 0.224 e. The fourth-order valence-corrected chi connectivity index (χ4v) is 5.20. The van der Waals surface area contributed by atoms with Gasteiger partial charge in [-0.25, -0.2) is 0 Å². The van der Waals surface area contributed by atoms with Crippen LogP contribution >= 0.6 is 12.2 Å². The molecule has 0 radical (unpaired) electrons. The van der Waals surface area contributed by atoms with Crippen molar-refractivity contribution in [1.29, 1.82) is 0 Å². The number of aryl methyl sites for hydroxylation is 2. The highest BCUT2D eigenvalue weighted by atomic mass is 32.1. The summed E-state index contributed by atoms with van der Waals surface area (Å²) in [4.78, 5) is 18.8. The lowest BCUT2D eigenvalue weighted by Gasteiger charge is -2.29. The van der Waals surface area contributed by atoms with Gasteiger partial charge in [0.1, 0.15) is 11.8 Å². The van der Waals surface area contributed by atoms with Gasteiger partial charge in [0.05, 0.1) is 24.5 Å². The molecule has 2 aromatic heterocycles. The Labute approximate surface area is 228 Å². The normalized spacial score (nSPS) is 16.8. The predicted octanol–water partition coefficient (Wildman–Crippen LogP) is 6.02. The molecule has 8 heteroatoms. The van der Waals surface area contributed by atoms with Gasteiger partial charge in [0.2, 0.25) is 5.91 Å². The van der Waals surface area contributed by atoms with E-state index in [0.717, 1.165) is 22.8 Å². The number of amides is 1. The third-order valence-corrected chi connectivity index (χ3v) is 7.32. The van der Waals surface area contributed by atoms with Crippen LogP contribution in [0.5, 0.6) is 5.75 Å². The largest absolute Gasteiger partial charge is 0.494 e. The highest BCUT2D eigenvalue weighted by Gasteiger charge is 2.42. The van der Waals surface area contributed by atoms with Crippen LogP contribution in [0.2, 0.25) is 0 Å². The molecule has 194 valence electrons. The first kappa shape index (κ1) is 25.5. The van der Waals surface area contributed by atoms with Gasteiger partial charge in [-0.05, 0) is 85.7 Å². The Balaban J connectivity index is 1.63. The molecule has 2 atom stereocenters. The van der Waals surface area contributed by atoms with Crippen molar-refractivity contribution >= 4 is 34.6 Å². The van der Waals surface area contributed by atoms with E-state index in [1.54, 1.807) is 13.3 Å². The van der Waals surface area contributed by atoms with Crippen molar-refractivity contribution in [1.82, 2.24) is 14.9 Å². The number of thiocarbonyl (C=S) groups is 1. The quantitative estimate of drug-likeness (QED) is 0.288. The van der Waals surface area contributed by atoms with E-state index in [1.807, 2.05) is 43.3 Å². The number of carbonyl (C=O) groups is 1. The van der Waals surface area contributed by atoms with Crippen molar-refractivity contribution in [2.75, 3.05) is 17.3 Å². The zero-order valence-electron chi connectivity index (χ0n) is 21.9. The van der Waals surface area contributed by atoms with Gasteiger partial charge >= 0.3 is 0 Å². The fourth-order valence-electron chi connectivity index (χ4n) is 4.85. The predicted molar refractivity (Wildman–Crippen MR) is 155 cm³/mol. The molecule has 4 aromatic rings. The number of nitrogens with zero attached hydrogens (tertiary/aromatic N) is 3. The van der Waals surface area contributed by atoms with Crippen molar-refractivity contribution in [3.05, 3.63) is 102 Å². The molecule has 7 nitrogen and oxygen atoms in total. The van der Waals surface area contributed by atoms with E-state index in [4.69, 9.17) is 17.0 Å². The lowest BCUT2D eigenvalue weighted by Crippen LogP contribution is -2.30. The topological polar surface area (TPSA) is 71.4 Å². The number of benzene rings is 2. The highest BCUT2D eigenvalue weighted by Crippen LogP contribution is 2.44. The summed E-state index contributed by atoms with van der Waals surface area (Å²) in [6.07, 6.45) is 4.27. The Morgan fingerprint density at radius 3 is 2.58 bits per heavy atom. The molecule has 1 aliphatic heterocycles. The number of carbonyl (C=O) groups excluding carboxylic acids is 1. The van der Waals surface area contributed by atoms with Gasteiger partial charge in [0.15, 0.2) is 5.11 Å². The minimum atomic E-state index is -0.199. The van der Waals surface area contributed by atoms with Crippen molar-refractivity contribution in [2.45, 2.75) is 39.3 Å². The number of methoxy groups -OCH3 is 1. The van der Waals surface area contributed by atoms with E-state index in [0.29, 0.717) is 23.0 Å². The van der Waals surface area contributed by atoms with E-state index in [9.17, 15) is 4.79 Å². The average Bonchev–Trinajstić information content (AvgIpc) is 3.55. The highest BCUT2D eigenvalue weighted by molar-refractivity contribution is 7.80. The lowest BCUT2D eigenvalue weighted by molar-refractivity contribution is -0.115. The van der Waals surface area contributed by atoms with E-state index in [2.05, 4.69) is 75.5 Å². The molecule has 1 saturated heterocycles. The maximum atomic E-state index is 12.0. The van der Waals surface area contributed by atoms with Crippen molar-refractivity contribution in [2.24, 2.45) is 0 Å². The first-order chi connectivity index (χ1) is 18.4. The molecule has 2 aromatic carbocycles. The Morgan fingerprint density at radius 1 is 1.05 bits per heavy atom. The molecule has 5 rings (SSSR count). The van der Waals surface area contributed by atoms with Gasteiger partial charge in [-0.2, -0.15) is 0 Å². The summed E-state index contributed by atoms with van der Waals surface area (Å²) in [6, 6.07) is 21.9. The van der Waals surface area contributed by atoms with Gasteiger partial charge in [0, 0.05) is 41.9 Å². The number of rotatable bonds is 7. The van der Waals surface area contributed by atoms with Gasteiger partial charge in [-0.3, -0.25) is 9.78 Å². The minimum absolute atomic E-state index is 0.0753. The molecule has 1 amide bonds. The van der Waals surface area contributed by atoms with E-state index in [-0.39, 0.29) is 18.0 Å². The van der Waals surface area contributed by atoms with Crippen LogP contribution in [0.1, 0.15) is 47.9 Å². The number of ether oxygens (including phenoxy) is 1. The number of pyridine rings is 1. The van der Waals surface area contributed by atoms with E-state index >= 15 is 0 Å². The second-order valence-electron chi connectivity index (χ2n) is 9.35. The van der Waals surface area contributed by atoms with Crippen LogP contribution in [0, 0.1) is 13.8 Å². The molecule has 3 heterocycles. The zero-order valence-corrected chi connectivity index (χ0v) is 22.8. The van der Waals surface area contributed by atoms with Crippen LogP contribution in [-0.2, 0) is 4.79 Å². The maximum absolute atomic E-state index is 12.0. The molecule has 0 saturated carbocycles. The summed E-state index contributed by atoms with van der Waals surface area (Å²) < 4.78 is 7.87. The zero-order chi connectivity index (χ0) is 26.8. The number of hydrogen-bond donors (Lipinski definition) is 2. The summed E-state index contributed by atoms with van der Waals surface area (Å²) in [5, 5.41) is 7.02. The Kier molecular flexibility index (Phi) is 7.15. The van der Waals surface area contributed by atoms with Crippen LogP contribution < -0.4 is 20.3 Å².